The number of nitrogens with zero attached hydrogens (tertiary/aromatic N) is 2. The number of aliphatic carboxylic acids is 1. The number of fused-ring (bicyclic) bond motifs is 1. The lowest BCUT2D eigenvalue weighted by Gasteiger charge is -2.21. The highest BCUT2D eigenvalue weighted by molar-refractivity contribution is 5.87. The molecule has 5 heteroatoms. The third kappa shape index (κ3) is 1.02. The van der Waals surface area contributed by atoms with Gasteiger partial charge in [0.05, 0.1) is 0 Å². The molecule has 0 bridgehead atoms. The van der Waals surface area contributed by atoms with Gasteiger partial charge in [-0.25, -0.2) is 9.79 Å². The Kier molecular flexibility index (Phi) is 1.66. The first-order valence-corrected chi connectivity index (χ1v) is 3.90. The normalized spacial score (nSPS) is 28.2. The summed E-state index contributed by atoms with van der Waals surface area (Å²) in [6, 6.07) is 0. The van der Waals surface area contributed by atoms with Gasteiger partial charge in [0.25, 0.3) is 0 Å². The Balaban J connectivity index is 2.42. The summed E-state index contributed by atoms with van der Waals surface area (Å²) in [7, 11) is 0. The molecular formula is C9H7N3O2. The number of carboxylic acid groups (broad SMARTS) is 1. The molecule has 0 fully saturated rings. The Morgan fingerprint density at radius 3 is 3.14 bits per heavy atom. The number of hydrazine groups is 1. The Morgan fingerprint density at radius 1 is 1.79 bits per heavy atom. The standard InChI is InChI=1S/C9H7N3O2/c1-2-9(8(13)14)6-7-10-4-3-5-12(7)11-9/h1,3-6,11H,(H,13,14). The third-order valence-electron chi connectivity index (χ3n) is 1.98. The second-order valence-corrected chi connectivity index (χ2v) is 2.86. The average Bonchev–Trinajstić information content (AvgIpc) is 2.57. The summed E-state index contributed by atoms with van der Waals surface area (Å²) in [6.45, 7) is 0. The van der Waals surface area contributed by atoms with Crippen molar-refractivity contribution in [1.82, 2.24) is 10.4 Å². The summed E-state index contributed by atoms with van der Waals surface area (Å²) in [5.41, 5.74) is 1.18. The van der Waals surface area contributed by atoms with E-state index >= 15 is 0 Å². The van der Waals surface area contributed by atoms with Gasteiger partial charge in [0.1, 0.15) is 5.82 Å². The second kappa shape index (κ2) is 2.72. The quantitative estimate of drug-likeness (QED) is 0.556. The molecule has 1 atom stereocenters. The van der Waals surface area contributed by atoms with Gasteiger partial charge in [-0.15, -0.1) is 6.42 Å². The number of carboxylic acids is 1. The van der Waals surface area contributed by atoms with Crippen LogP contribution in [-0.4, -0.2) is 27.8 Å². The number of carbonyl (C=O) groups is 1. The zero-order valence-corrected chi connectivity index (χ0v) is 7.14. The van der Waals surface area contributed by atoms with E-state index in [-0.39, 0.29) is 0 Å². The molecule has 0 saturated carbocycles. The molecule has 0 spiro atoms. The van der Waals surface area contributed by atoms with Crippen molar-refractivity contribution >= 4 is 12.2 Å². The highest BCUT2D eigenvalue weighted by Gasteiger charge is 2.42. The van der Waals surface area contributed by atoms with E-state index in [1.165, 1.54) is 11.1 Å². The molecule has 0 saturated heterocycles. The second-order valence-electron chi connectivity index (χ2n) is 2.86. The van der Waals surface area contributed by atoms with Crippen molar-refractivity contribution in [2.45, 2.75) is 5.54 Å². The SMILES string of the molecule is C#CC1(C(=O)O)C=C2N=CC=CN2N1. The summed E-state index contributed by atoms with van der Waals surface area (Å²) < 4.78 is 0. The first-order valence-electron chi connectivity index (χ1n) is 3.90. The number of terminal acetylenes is 1. The van der Waals surface area contributed by atoms with Crippen LogP contribution in [0.4, 0.5) is 0 Å². The molecule has 1 unspecified atom stereocenters. The topological polar surface area (TPSA) is 64.9 Å². The minimum Gasteiger partial charge on any atom is -0.479 e. The van der Waals surface area contributed by atoms with Crippen LogP contribution >= 0.6 is 0 Å². The fraction of sp³-hybridized carbons (Fsp3) is 0.111. The molecule has 2 heterocycles. The van der Waals surface area contributed by atoms with E-state index in [1.54, 1.807) is 18.5 Å². The smallest absolute Gasteiger partial charge is 0.342 e. The van der Waals surface area contributed by atoms with Crippen LogP contribution in [0.5, 0.6) is 0 Å². The molecule has 2 N–H and O–H groups in total. The summed E-state index contributed by atoms with van der Waals surface area (Å²) in [4.78, 5) is 14.9. The average molecular weight is 189 g/mol. The molecular weight excluding hydrogens is 182 g/mol. The van der Waals surface area contributed by atoms with Gasteiger partial charge in [0, 0.05) is 18.5 Å². The van der Waals surface area contributed by atoms with E-state index in [4.69, 9.17) is 11.5 Å². The first-order chi connectivity index (χ1) is 6.68. The largest absolute Gasteiger partial charge is 0.479 e. The molecule has 2 rings (SSSR count). The van der Waals surface area contributed by atoms with Gasteiger partial charge in [-0.2, -0.15) is 5.43 Å². The van der Waals surface area contributed by atoms with Crippen LogP contribution in [0.2, 0.25) is 0 Å². The summed E-state index contributed by atoms with van der Waals surface area (Å²) in [5.74, 6) is 1.57. The van der Waals surface area contributed by atoms with E-state index in [0.717, 1.165) is 0 Å². The lowest BCUT2D eigenvalue weighted by molar-refractivity contribution is -0.141. The molecule has 14 heavy (non-hydrogen) atoms. The maximum atomic E-state index is 10.9. The molecule has 5 nitrogen and oxygen atoms in total. The van der Waals surface area contributed by atoms with Gasteiger partial charge in [-0.05, 0) is 6.08 Å². The van der Waals surface area contributed by atoms with Crippen LogP contribution in [0.1, 0.15) is 0 Å². The van der Waals surface area contributed by atoms with Crippen molar-refractivity contribution in [1.29, 1.82) is 0 Å². The van der Waals surface area contributed by atoms with Gasteiger partial charge in [0.15, 0.2) is 0 Å². The molecule has 0 aromatic rings. The molecule has 2 aliphatic rings. The van der Waals surface area contributed by atoms with Crippen LogP contribution in [0.3, 0.4) is 0 Å². The zero-order chi connectivity index (χ0) is 10.2. The molecule has 2 aliphatic heterocycles. The molecule has 0 aromatic heterocycles. The van der Waals surface area contributed by atoms with Gasteiger partial charge >= 0.3 is 5.97 Å². The number of rotatable bonds is 1. The summed E-state index contributed by atoms with van der Waals surface area (Å²) in [6.07, 6.45) is 11.5. The van der Waals surface area contributed by atoms with E-state index < -0.39 is 11.5 Å². The van der Waals surface area contributed by atoms with Crippen LogP contribution in [0.15, 0.2) is 29.2 Å². The van der Waals surface area contributed by atoms with Gasteiger partial charge in [0.2, 0.25) is 5.54 Å². The van der Waals surface area contributed by atoms with E-state index in [0.29, 0.717) is 5.82 Å². The minimum atomic E-state index is -1.48. The van der Waals surface area contributed by atoms with E-state index in [1.807, 2.05) is 0 Å². The third-order valence-corrected chi connectivity index (χ3v) is 1.98. The van der Waals surface area contributed by atoms with Gasteiger partial charge in [-0.3, -0.25) is 5.01 Å². The van der Waals surface area contributed by atoms with E-state index in [9.17, 15) is 4.79 Å². The Morgan fingerprint density at radius 2 is 2.57 bits per heavy atom. The lowest BCUT2D eigenvalue weighted by Crippen LogP contribution is -2.50. The summed E-state index contributed by atoms with van der Waals surface area (Å²) in [5, 5.41) is 10.4. The van der Waals surface area contributed by atoms with Crippen molar-refractivity contribution in [3.63, 3.8) is 0 Å². The highest BCUT2D eigenvalue weighted by Crippen LogP contribution is 2.23. The Labute approximate surface area is 80.4 Å². The number of nitrogens with one attached hydrogen (secondary N) is 1. The molecule has 70 valence electrons. The molecule has 0 aromatic carbocycles. The maximum Gasteiger partial charge on any atom is 0.342 e. The number of hydrogen-bond acceptors (Lipinski definition) is 4. The first kappa shape index (κ1) is 8.53. The highest BCUT2D eigenvalue weighted by atomic mass is 16.4. The molecule has 0 radical (unpaired) electrons. The van der Waals surface area contributed by atoms with Crippen molar-refractivity contribution in [3.8, 4) is 12.3 Å². The van der Waals surface area contributed by atoms with Crippen LogP contribution < -0.4 is 5.43 Å². The van der Waals surface area contributed by atoms with Gasteiger partial charge in [-0.1, -0.05) is 5.92 Å². The zero-order valence-electron chi connectivity index (χ0n) is 7.14. The lowest BCUT2D eigenvalue weighted by atomic mass is 10.0. The van der Waals surface area contributed by atoms with Crippen molar-refractivity contribution in [2.75, 3.05) is 0 Å². The van der Waals surface area contributed by atoms with Crippen LogP contribution in [-0.2, 0) is 4.79 Å². The predicted molar refractivity (Wildman–Crippen MR) is 49.9 cm³/mol. The van der Waals surface area contributed by atoms with Crippen molar-refractivity contribution < 1.29 is 9.90 Å². The molecule has 0 aliphatic carbocycles. The minimum absolute atomic E-state index is 0.493. The van der Waals surface area contributed by atoms with Gasteiger partial charge < -0.3 is 5.11 Å². The van der Waals surface area contributed by atoms with E-state index in [2.05, 4.69) is 16.3 Å². The Hall–Kier alpha value is -2.06. The number of allylic oxidation sites excluding steroid dienone is 1. The maximum absolute atomic E-state index is 10.9. The van der Waals surface area contributed by atoms with Crippen LogP contribution in [0, 0.1) is 12.3 Å². The van der Waals surface area contributed by atoms with Crippen molar-refractivity contribution in [2.24, 2.45) is 4.99 Å². The Bertz CT molecular complexity index is 416. The fourth-order valence-corrected chi connectivity index (χ4v) is 1.25. The summed E-state index contributed by atoms with van der Waals surface area (Å²) >= 11 is 0. The monoisotopic (exact) mass is 189 g/mol. The predicted octanol–water partition coefficient (Wildman–Crippen LogP) is -0.297. The van der Waals surface area contributed by atoms with Crippen LogP contribution in [0.25, 0.3) is 0 Å². The fourth-order valence-electron chi connectivity index (χ4n) is 1.25. The number of hydrogen-bond donors (Lipinski definition) is 2. The van der Waals surface area contributed by atoms with Crippen molar-refractivity contribution in [3.05, 3.63) is 24.2 Å². The number of aliphatic imine (C=N–C) groups is 1. The molecule has 0 amide bonds.